The maximum atomic E-state index is 11.6. The second kappa shape index (κ2) is 4.95. The number of carbonyl (C=O) groups excluding carboxylic acids is 1. The van der Waals surface area contributed by atoms with Gasteiger partial charge in [-0.15, -0.1) is 0 Å². The van der Waals surface area contributed by atoms with Crippen LogP contribution in [-0.2, 0) is 15.6 Å². The summed E-state index contributed by atoms with van der Waals surface area (Å²) < 4.78 is 16.6. The summed E-state index contributed by atoms with van der Waals surface area (Å²) in [6, 6.07) is 1.63. The van der Waals surface area contributed by atoms with Crippen molar-refractivity contribution in [2.75, 3.05) is 12.3 Å². The van der Waals surface area contributed by atoms with Gasteiger partial charge < -0.3 is 9.73 Å². The zero-order valence-corrected chi connectivity index (χ0v) is 9.02. The quantitative estimate of drug-likeness (QED) is 0.809. The van der Waals surface area contributed by atoms with Crippen LogP contribution in [0.4, 0.5) is 0 Å². The first-order chi connectivity index (χ1) is 6.65. The van der Waals surface area contributed by atoms with E-state index in [-0.39, 0.29) is 11.7 Å². The Morgan fingerprint density at radius 2 is 2.36 bits per heavy atom. The minimum atomic E-state index is -1.30. The SMILES string of the molecule is CCNC(=O)C[S@@](=O)c1ccoc1C. The van der Waals surface area contributed by atoms with Crippen molar-refractivity contribution in [3.63, 3.8) is 0 Å². The van der Waals surface area contributed by atoms with Gasteiger partial charge in [-0.1, -0.05) is 0 Å². The molecule has 0 fully saturated rings. The van der Waals surface area contributed by atoms with Crippen LogP contribution in [0, 0.1) is 6.92 Å². The second-order valence-corrected chi connectivity index (χ2v) is 4.20. The molecule has 14 heavy (non-hydrogen) atoms. The molecule has 0 unspecified atom stereocenters. The molecule has 4 nitrogen and oxygen atoms in total. The number of hydrogen-bond donors (Lipinski definition) is 1. The van der Waals surface area contributed by atoms with Gasteiger partial charge in [0.25, 0.3) is 0 Å². The Kier molecular flexibility index (Phi) is 3.88. The average Bonchev–Trinajstić information content (AvgIpc) is 2.51. The van der Waals surface area contributed by atoms with Crippen LogP contribution >= 0.6 is 0 Å². The lowest BCUT2D eigenvalue weighted by atomic mass is 10.5. The number of furan rings is 1. The Morgan fingerprint density at radius 1 is 1.64 bits per heavy atom. The molecule has 0 spiro atoms. The smallest absolute Gasteiger partial charge is 0.232 e. The summed E-state index contributed by atoms with van der Waals surface area (Å²) >= 11 is 0. The third-order valence-corrected chi connectivity index (χ3v) is 3.13. The van der Waals surface area contributed by atoms with Gasteiger partial charge in [0.2, 0.25) is 5.91 Å². The lowest BCUT2D eigenvalue weighted by Crippen LogP contribution is -2.27. The van der Waals surface area contributed by atoms with Crippen LogP contribution in [-0.4, -0.2) is 22.4 Å². The van der Waals surface area contributed by atoms with E-state index in [1.54, 1.807) is 13.0 Å². The van der Waals surface area contributed by atoms with E-state index in [9.17, 15) is 9.00 Å². The lowest BCUT2D eigenvalue weighted by molar-refractivity contribution is -0.118. The van der Waals surface area contributed by atoms with Crippen molar-refractivity contribution < 1.29 is 13.4 Å². The maximum Gasteiger partial charge on any atom is 0.232 e. The van der Waals surface area contributed by atoms with Gasteiger partial charge in [-0.3, -0.25) is 9.00 Å². The zero-order chi connectivity index (χ0) is 10.6. The van der Waals surface area contributed by atoms with E-state index in [0.29, 0.717) is 17.2 Å². The summed E-state index contributed by atoms with van der Waals surface area (Å²) in [5.41, 5.74) is 0. The first kappa shape index (κ1) is 11.0. The maximum absolute atomic E-state index is 11.6. The van der Waals surface area contributed by atoms with Crippen molar-refractivity contribution >= 4 is 16.7 Å². The molecule has 0 aromatic carbocycles. The van der Waals surface area contributed by atoms with Crippen LogP contribution in [0.3, 0.4) is 0 Å². The van der Waals surface area contributed by atoms with E-state index in [2.05, 4.69) is 5.32 Å². The van der Waals surface area contributed by atoms with Crippen molar-refractivity contribution in [2.24, 2.45) is 0 Å². The molecular weight excluding hydrogens is 202 g/mol. The molecule has 0 saturated heterocycles. The van der Waals surface area contributed by atoms with Gasteiger partial charge in [-0.25, -0.2) is 0 Å². The van der Waals surface area contributed by atoms with Gasteiger partial charge in [-0.05, 0) is 19.9 Å². The normalized spacial score (nSPS) is 12.4. The molecule has 1 aromatic heterocycles. The van der Waals surface area contributed by atoms with Gasteiger partial charge in [0, 0.05) is 6.54 Å². The standard InChI is InChI=1S/C9H13NO3S/c1-3-10-9(11)6-14(12)8-4-5-13-7(8)2/h4-5H,3,6H2,1-2H3,(H,10,11)/t14-/m1/s1. The molecule has 78 valence electrons. The fourth-order valence-corrected chi connectivity index (χ4v) is 2.13. The van der Waals surface area contributed by atoms with E-state index in [4.69, 9.17) is 4.42 Å². The minimum absolute atomic E-state index is 0.00574. The van der Waals surface area contributed by atoms with Gasteiger partial charge in [0.15, 0.2) is 0 Å². The predicted octanol–water partition coefficient (Wildman–Crippen LogP) is 0.832. The summed E-state index contributed by atoms with van der Waals surface area (Å²) in [7, 11) is -1.30. The molecule has 1 amide bonds. The van der Waals surface area contributed by atoms with Crippen LogP contribution < -0.4 is 5.32 Å². The number of nitrogens with one attached hydrogen (secondary N) is 1. The lowest BCUT2D eigenvalue weighted by Gasteiger charge is -2.01. The first-order valence-electron chi connectivity index (χ1n) is 4.34. The molecule has 0 aliphatic carbocycles. The van der Waals surface area contributed by atoms with Crippen molar-refractivity contribution in [1.29, 1.82) is 0 Å². The Hall–Kier alpha value is -1.10. The molecule has 0 saturated carbocycles. The second-order valence-electron chi connectivity index (χ2n) is 2.78. The van der Waals surface area contributed by atoms with Crippen LogP contribution in [0.25, 0.3) is 0 Å². The van der Waals surface area contributed by atoms with E-state index in [1.807, 2.05) is 6.92 Å². The van der Waals surface area contributed by atoms with E-state index >= 15 is 0 Å². The number of carbonyl (C=O) groups is 1. The monoisotopic (exact) mass is 215 g/mol. The molecule has 0 radical (unpaired) electrons. The zero-order valence-electron chi connectivity index (χ0n) is 8.20. The predicted molar refractivity (Wildman–Crippen MR) is 53.4 cm³/mol. The fraction of sp³-hybridized carbons (Fsp3) is 0.444. The third-order valence-electron chi connectivity index (χ3n) is 1.69. The minimum Gasteiger partial charge on any atom is -0.468 e. The molecular formula is C9H13NO3S. The summed E-state index contributed by atoms with van der Waals surface area (Å²) in [6.45, 7) is 4.11. The van der Waals surface area contributed by atoms with Gasteiger partial charge in [-0.2, -0.15) is 0 Å². The Labute approximate surface area is 85.1 Å². The number of aryl methyl sites for hydroxylation is 1. The fourth-order valence-electron chi connectivity index (χ4n) is 1.05. The number of hydrogen-bond acceptors (Lipinski definition) is 3. The van der Waals surface area contributed by atoms with Crippen LogP contribution in [0.2, 0.25) is 0 Å². The van der Waals surface area contributed by atoms with Gasteiger partial charge in [0.1, 0.15) is 11.5 Å². The summed E-state index contributed by atoms with van der Waals surface area (Å²) in [4.78, 5) is 11.7. The number of rotatable bonds is 4. The van der Waals surface area contributed by atoms with E-state index in [0.717, 1.165) is 0 Å². The highest BCUT2D eigenvalue weighted by Gasteiger charge is 2.13. The molecule has 1 atom stereocenters. The molecule has 1 heterocycles. The molecule has 0 aliphatic rings. The summed E-state index contributed by atoms with van der Waals surface area (Å²) in [6.07, 6.45) is 1.47. The Bertz CT molecular complexity index is 346. The molecule has 0 bridgehead atoms. The third kappa shape index (κ3) is 2.70. The highest BCUT2D eigenvalue weighted by Crippen LogP contribution is 2.13. The van der Waals surface area contributed by atoms with Gasteiger partial charge >= 0.3 is 0 Å². The van der Waals surface area contributed by atoms with Crippen molar-refractivity contribution in [3.8, 4) is 0 Å². The highest BCUT2D eigenvalue weighted by atomic mass is 32.2. The summed E-state index contributed by atoms with van der Waals surface area (Å²) in [5, 5.41) is 2.60. The van der Waals surface area contributed by atoms with Crippen LogP contribution in [0.1, 0.15) is 12.7 Å². The summed E-state index contributed by atoms with van der Waals surface area (Å²) in [5.74, 6) is 0.396. The largest absolute Gasteiger partial charge is 0.468 e. The molecule has 1 aromatic rings. The first-order valence-corrected chi connectivity index (χ1v) is 5.66. The Morgan fingerprint density at radius 3 is 2.86 bits per heavy atom. The average molecular weight is 215 g/mol. The van der Waals surface area contributed by atoms with Crippen molar-refractivity contribution in [3.05, 3.63) is 18.1 Å². The highest BCUT2D eigenvalue weighted by molar-refractivity contribution is 7.85. The molecule has 1 rings (SSSR count). The van der Waals surface area contributed by atoms with E-state index < -0.39 is 10.8 Å². The topological polar surface area (TPSA) is 59.3 Å². The van der Waals surface area contributed by atoms with E-state index in [1.165, 1.54) is 6.26 Å². The van der Waals surface area contributed by atoms with Crippen molar-refractivity contribution in [2.45, 2.75) is 18.7 Å². The molecule has 0 aliphatic heterocycles. The van der Waals surface area contributed by atoms with Gasteiger partial charge in [0.05, 0.1) is 22.0 Å². The van der Waals surface area contributed by atoms with Crippen LogP contribution in [0.5, 0.6) is 0 Å². The molecule has 1 N–H and O–H groups in total. The molecule has 5 heteroatoms. The van der Waals surface area contributed by atoms with Crippen LogP contribution in [0.15, 0.2) is 21.6 Å². The number of amides is 1. The Balaban J connectivity index is 2.59. The van der Waals surface area contributed by atoms with Crippen molar-refractivity contribution in [1.82, 2.24) is 5.32 Å².